The zero-order valence-electron chi connectivity index (χ0n) is 8.78. The molecule has 2 saturated heterocycles. The number of nitriles is 1. The maximum Gasteiger partial charge on any atom is 0.0624 e. The van der Waals surface area contributed by atoms with Crippen molar-refractivity contribution in [1.82, 2.24) is 10.6 Å². The van der Waals surface area contributed by atoms with Crippen LogP contribution in [-0.2, 0) is 0 Å². The van der Waals surface area contributed by atoms with Crippen LogP contribution in [0.25, 0.3) is 0 Å². The van der Waals surface area contributed by atoms with E-state index >= 15 is 0 Å². The average molecular weight is 223 g/mol. The van der Waals surface area contributed by atoms with E-state index in [0.29, 0.717) is 11.3 Å². The monoisotopic (exact) mass is 223 g/mol. The second-order valence-electron chi connectivity index (χ2n) is 4.87. The van der Waals surface area contributed by atoms with Gasteiger partial charge in [0.1, 0.15) is 0 Å². The van der Waals surface area contributed by atoms with Gasteiger partial charge in [0.05, 0.1) is 11.4 Å². The highest BCUT2D eigenvalue weighted by Gasteiger charge is 2.50. The Kier molecular flexibility index (Phi) is 2.63. The van der Waals surface area contributed by atoms with Crippen LogP contribution in [0.4, 0.5) is 0 Å². The Balaban J connectivity index is 1.77. The van der Waals surface area contributed by atoms with Crippen molar-refractivity contribution in [2.24, 2.45) is 17.8 Å². The molecule has 0 amide bonds. The van der Waals surface area contributed by atoms with Crippen molar-refractivity contribution in [2.45, 2.75) is 29.9 Å². The van der Waals surface area contributed by atoms with Crippen LogP contribution in [-0.4, -0.2) is 23.8 Å². The van der Waals surface area contributed by atoms with Gasteiger partial charge in [-0.25, -0.2) is 0 Å². The van der Waals surface area contributed by atoms with Crippen LogP contribution < -0.4 is 10.6 Å². The minimum Gasteiger partial charge on any atom is -0.304 e. The third-order valence-corrected chi connectivity index (χ3v) is 5.87. The molecular weight excluding hydrogens is 206 g/mol. The zero-order valence-corrected chi connectivity index (χ0v) is 9.59. The van der Waals surface area contributed by atoms with Crippen molar-refractivity contribution in [3.8, 4) is 6.07 Å². The van der Waals surface area contributed by atoms with Crippen molar-refractivity contribution < 1.29 is 0 Å². The first kappa shape index (κ1) is 9.95. The normalized spacial score (nSPS) is 48.3. The van der Waals surface area contributed by atoms with E-state index in [2.05, 4.69) is 28.5 Å². The lowest BCUT2D eigenvalue weighted by Crippen LogP contribution is -2.50. The van der Waals surface area contributed by atoms with E-state index in [1.165, 1.54) is 12.8 Å². The molecule has 15 heavy (non-hydrogen) atoms. The summed E-state index contributed by atoms with van der Waals surface area (Å²) >= 11 is 2.13. The number of rotatable bonds is 1. The molecule has 2 N–H and O–H groups in total. The van der Waals surface area contributed by atoms with Crippen molar-refractivity contribution in [2.75, 3.05) is 13.2 Å². The molecule has 82 valence electrons. The first-order valence-electron chi connectivity index (χ1n) is 5.86. The van der Waals surface area contributed by atoms with Gasteiger partial charge in [-0.1, -0.05) is 0 Å². The van der Waals surface area contributed by atoms with Crippen LogP contribution in [0.1, 0.15) is 19.3 Å². The SMILES string of the molecule is N#CC[C@H]1CCC2SC3NCNCC3C21. The molecule has 0 aromatic heterocycles. The van der Waals surface area contributed by atoms with Crippen LogP contribution >= 0.6 is 11.8 Å². The molecule has 3 nitrogen and oxygen atoms in total. The molecule has 2 heterocycles. The van der Waals surface area contributed by atoms with Gasteiger partial charge in [-0.2, -0.15) is 5.26 Å². The van der Waals surface area contributed by atoms with Crippen LogP contribution in [0, 0.1) is 29.1 Å². The molecule has 0 spiro atoms. The zero-order chi connectivity index (χ0) is 10.3. The molecule has 0 aromatic carbocycles. The smallest absolute Gasteiger partial charge is 0.0624 e. The first-order valence-corrected chi connectivity index (χ1v) is 6.81. The fourth-order valence-electron chi connectivity index (χ4n) is 3.55. The molecule has 1 saturated carbocycles. The minimum absolute atomic E-state index is 0.655. The van der Waals surface area contributed by atoms with E-state index in [0.717, 1.165) is 36.7 Å². The number of hydrogen-bond acceptors (Lipinski definition) is 4. The summed E-state index contributed by atoms with van der Waals surface area (Å²) in [7, 11) is 0. The van der Waals surface area contributed by atoms with Gasteiger partial charge in [0.15, 0.2) is 0 Å². The molecule has 0 aromatic rings. The Morgan fingerprint density at radius 3 is 3.20 bits per heavy atom. The molecule has 4 heteroatoms. The summed E-state index contributed by atoms with van der Waals surface area (Å²) < 4.78 is 0. The summed E-state index contributed by atoms with van der Waals surface area (Å²) in [6, 6.07) is 2.37. The maximum absolute atomic E-state index is 8.85. The van der Waals surface area contributed by atoms with Gasteiger partial charge >= 0.3 is 0 Å². The van der Waals surface area contributed by atoms with Crippen molar-refractivity contribution >= 4 is 11.8 Å². The summed E-state index contributed by atoms with van der Waals surface area (Å²) in [5.41, 5.74) is 0. The number of thioether (sulfide) groups is 1. The molecule has 2 aliphatic heterocycles. The molecule has 3 rings (SSSR count). The molecular formula is C11H17N3S. The minimum atomic E-state index is 0.655. The summed E-state index contributed by atoms with van der Waals surface area (Å²) in [5.74, 6) is 2.22. The highest BCUT2D eigenvalue weighted by atomic mass is 32.2. The lowest BCUT2D eigenvalue weighted by atomic mass is 9.82. The standard InChI is InChI=1S/C11H17N3S/c12-4-3-7-1-2-9-10(7)8-5-13-6-14-11(8)15-9/h7-11,13-14H,1-3,5-6H2/t7-,8?,9?,10?,11?/m1/s1. The number of fused-ring (bicyclic) bond motifs is 3. The molecule has 0 bridgehead atoms. The van der Waals surface area contributed by atoms with Gasteiger partial charge in [-0.15, -0.1) is 11.8 Å². The van der Waals surface area contributed by atoms with Crippen molar-refractivity contribution in [3.63, 3.8) is 0 Å². The molecule has 4 unspecified atom stereocenters. The Morgan fingerprint density at radius 2 is 2.33 bits per heavy atom. The fraction of sp³-hybridized carbons (Fsp3) is 0.909. The van der Waals surface area contributed by atoms with Crippen LogP contribution in [0.3, 0.4) is 0 Å². The van der Waals surface area contributed by atoms with E-state index in [4.69, 9.17) is 5.26 Å². The van der Waals surface area contributed by atoms with Crippen molar-refractivity contribution in [3.05, 3.63) is 0 Å². The van der Waals surface area contributed by atoms with Crippen molar-refractivity contribution in [1.29, 1.82) is 5.26 Å². The Bertz CT molecular complexity index is 288. The molecule has 3 aliphatic rings. The van der Waals surface area contributed by atoms with Gasteiger partial charge in [0.25, 0.3) is 0 Å². The van der Waals surface area contributed by atoms with Gasteiger partial charge in [0.2, 0.25) is 0 Å². The molecule has 3 fully saturated rings. The van der Waals surface area contributed by atoms with Gasteiger partial charge in [-0.3, -0.25) is 5.32 Å². The third-order valence-electron chi connectivity index (χ3n) is 4.16. The molecule has 0 radical (unpaired) electrons. The second-order valence-corrected chi connectivity index (χ2v) is 6.26. The maximum atomic E-state index is 8.85. The summed E-state index contributed by atoms with van der Waals surface area (Å²) in [6.07, 6.45) is 3.38. The topological polar surface area (TPSA) is 47.9 Å². The van der Waals surface area contributed by atoms with Crippen LogP contribution in [0.15, 0.2) is 0 Å². The van der Waals surface area contributed by atoms with Crippen LogP contribution in [0.2, 0.25) is 0 Å². The van der Waals surface area contributed by atoms with E-state index in [1.54, 1.807) is 0 Å². The largest absolute Gasteiger partial charge is 0.304 e. The predicted octanol–water partition coefficient (Wildman–Crippen LogP) is 1.13. The van der Waals surface area contributed by atoms with E-state index in [1.807, 2.05) is 0 Å². The quantitative estimate of drug-likeness (QED) is 0.700. The predicted molar refractivity (Wildman–Crippen MR) is 61.1 cm³/mol. The number of nitrogens with one attached hydrogen (secondary N) is 2. The summed E-state index contributed by atoms with van der Waals surface area (Å²) in [4.78, 5) is 0. The molecule has 5 atom stereocenters. The number of nitrogens with zero attached hydrogens (tertiary/aromatic N) is 1. The number of hydrogen-bond donors (Lipinski definition) is 2. The highest BCUT2D eigenvalue weighted by molar-refractivity contribution is 8.00. The molecule has 1 aliphatic carbocycles. The van der Waals surface area contributed by atoms with E-state index in [9.17, 15) is 0 Å². The van der Waals surface area contributed by atoms with Crippen LogP contribution in [0.5, 0.6) is 0 Å². The van der Waals surface area contributed by atoms with Gasteiger partial charge < -0.3 is 5.32 Å². The highest BCUT2D eigenvalue weighted by Crippen LogP contribution is 2.54. The van der Waals surface area contributed by atoms with E-state index in [-0.39, 0.29) is 0 Å². The lowest BCUT2D eigenvalue weighted by Gasteiger charge is -2.31. The van der Waals surface area contributed by atoms with Gasteiger partial charge in [-0.05, 0) is 24.7 Å². The fourth-order valence-corrected chi connectivity index (χ4v) is 5.46. The van der Waals surface area contributed by atoms with Gasteiger partial charge in [0, 0.05) is 30.8 Å². The second kappa shape index (κ2) is 3.97. The van der Waals surface area contributed by atoms with E-state index < -0.39 is 0 Å². The lowest BCUT2D eigenvalue weighted by molar-refractivity contribution is 0.228. The Morgan fingerprint density at radius 1 is 1.40 bits per heavy atom. The average Bonchev–Trinajstić information content (AvgIpc) is 2.78. The third kappa shape index (κ3) is 1.57. The first-order chi connectivity index (χ1) is 7.40. The summed E-state index contributed by atoms with van der Waals surface area (Å²) in [5, 5.41) is 17.3. The Labute approximate surface area is 95.0 Å². The Hall–Kier alpha value is -0.240. The summed E-state index contributed by atoms with van der Waals surface area (Å²) in [6.45, 7) is 2.10.